The van der Waals surface area contributed by atoms with Crippen LogP contribution in [-0.2, 0) is 11.3 Å². The fourth-order valence-corrected chi connectivity index (χ4v) is 4.17. The summed E-state index contributed by atoms with van der Waals surface area (Å²) >= 11 is 1.29. The van der Waals surface area contributed by atoms with Crippen LogP contribution >= 0.6 is 11.3 Å². The third-order valence-electron chi connectivity index (χ3n) is 5.01. The van der Waals surface area contributed by atoms with Gasteiger partial charge < -0.3 is 19.7 Å². The number of rotatable bonds is 5. The second-order valence-electron chi connectivity index (χ2n) is 7.08. The monoisotopic (exact) mass is 438 g/mol. The van der Waals surface area contributed by atoms with E-state index in [1.807, 2.05) is 0 Å². The molecule has 1 aliphatic heterocycles. The number of carbonyl (C=O) groups is 2. The van der Waals surface area contributed by atoms with Gasteiger partial charge in [0.1, 0.15) is 11.8 Å². The predicted octanol–water partition coefficient (Wildman–Crippen LogP) is 2.87. The number of urea groups is 1. The zero-order chi connectivity index (χ0) is 22.2. The molecule has 2 aromatic heterocycles. The van der Waals surface area contributed by atoms with E-state index in [1.54, 1.807) is 43.5 Å². The van der Waals surface area contributed by atoms with Gasteiger partial charge in [0.15, 0.2) is 5.88 Å². The molecule has 1 aliphatic rings. The van der Waals surface area contributed by atoms with Crippen molar-refractivity contribution >= 4 is 34.0 Å². The molecule has 1 saturated heterocycles. The van der Waals surface area contributed by atoms with Gasteiger partial charge in [0.2, 0.25) is 5.54 Å². The van der Waals surface area contributed by atoms with Gasteiger partial charge in [-0.15, -0.1) is 11.3 Å². The first-order valence-corrected chi connectivity index (χ1v) is 10.1. The molecule has 3 amide bonds. The van der Waals surface area contributed by atoms with Gasteiger partial charge >= 0.3 is 6.03 Å². The molecule has 0 saturated carbocycles. The number of thiophene rings is 1. The summed E-state index contributed by atoms with van der Waals surface area (Å²) in [5, 5.41) is 19.8. The molecule has 0 radical (unpaired) electrons. The summed E-state index contributed by atoms with van der Waals surface area (Å²) in [4.78, 5) is 36.7. The number of hydrogen-bond acceptors (Lipinski definition) is 7. The number of fused-ring (bicyclic) bond motifs is 1. The standard InChI is InChI=1S/C21H18N4O5S/c1-12(24-29)17-6-5-15(31-17)7-8-21(19(27)22-20(28)23-21)11-25-10-13-3-4-14(30-2)9-16(13)18(25)26/h3-6,9-10,12,26H,11H2,1-2H3,(H2,22,23,27,28)/t12?,21-/m1/s1. The maximum absolute atomic E-state index is 12.7. The lowest BCUT2D eigenvalue weighted by Crippen LogP contribution is -2.49. The highest BCUT2D eigenvalue weighted by molar-refractivity contribution is 7.12. The van der Waals surface area contributed by atoms with Crippen molar-refractivity contribution in [2.75, 3.05) is 7.11 Å². The van der Waals surface area contributed by atoms with Crippen molar-refractivity contribution in [3.05, 3.63) is 51.2 Å². The van der Waals surface area contributed by atoms with Crippen molar-refractivity contribution in [3.8, 4) is 23.5 Å². The first-order valence-electron chi connectivity index (χ1n) is 9.30. The smallest absolute Gasteiger partial charge is 0.323 e. The number of aromatic nitrogens is 1. The first kappa shape index (κ1) is 20.4. The van der Waals surface area contributed by atoms with E-state index < -0.39 is 23.5 Å². The molecule has 3 heterocycles. The molecule has 10 heteroatoms. The summed E-state index contributed by atoms with van der Waals surface area (Å²) in [5.41, 5.74) is -1.58. The minimum Gasteiger partial charge on any atom is -0.497 e. The van der Waals surface area contributed by atoms with Gasteiger partial charge in [-0.2, -0.15) is 4.91 Å². The van der Waals surface area contributed by atoms with Crippen LogP contribution in [0.1, 0.15) is 22.7 Å². The summed E-state index contributed by atoms with van der Waals surface area (Å²) in [5.74, 6) is 5.65. The number of methoxy groups -OCH3 is 1. The Labute approximate surface area is 181 Å². The Morgan fingerprint density at radius 1 is 1.32 bits per heavy atom. The number of ether oxygens (including phenoxy) is 1. The fourth-order valence-electron chi connectivity index (χ4n) is 3.32. The average Bonchev–Trinajstić information content (AvgIpc) is 3.43. The number of benzene rings is 1. The van der Waals surface area contributed by atoms with Gasteiger partial charge in [0, 0.05) is 21.8 Å². The minimum absolute atomic E-state index is 0.0756. The fraction of sp³-hybridized carbons (Fsp3) is 0.238. The number of hydrogen-bond donors (Lipinski definition) is 3. The Bertz CT molecular complexity index is 1270. The van der Waals surface area contributed by atoms with E-state index in [0.29, 0.717) is 16.0 Å². The lowest BCUT2D eigenvalue weighted by atomic mass is 10.0. The Kier molecular flexibility index (Phi) is 5.12. The molecule has 1 unspecified atom stereocenters. The molecule has 1 fully saturated rings. The molecule has 31 heavy (non-hydrogen) atoms. The van der Waals surface area contributed by atoms with Crippen LogP contribution < -0.4 is 15.4 Å². The van der Waals surface area contributed by atoms with Crippen LogP contribution in [0.4, 0.5) is 4.79 Å². The molecule has 0 bridgehead atoms. The van der Waals surface area contributed by atoms with E-state index >= 15 is 0 Å². The van der Waals surface area contributed by atoms with Gasteiger partial charge in [0.05, 0.1) is 18.5 Å². The normalized spacial score (nSPS) is 18.8. The minimum atomic E-state index is -1.58. The quantitative estimate of drug-likeness (QED) is 0.321. The Morgan fingerprint density at radius 3 is 2.81 bits per heavy atom. The van der Waals surface area contributed by atoms with Gasteiger partial charge in [-0.3, -0.25) is 10.1 Å². The Morgan fingerprint density at radius 2 is 2.13 bits per heavy atom. The van der Waals surface area contributed by atoms with E-state index in [-0.39, 0.29) is 12.4 Å². The maximum atomic E-state index is 12.7. The van der Waals surface area contributed by atoms with Crippen LogP contribution in [-0.4, -0.2) is 34.3 Å². The summed E-state index contributed by atoms with van der Waals surface area (Å²) in [6.07, 6.45) is 1.67. The third kappa shape index (κ3) is 3.71. The van der Waals surface area contributed by atoms with Crippen LogP contribution in [0.2, 0.25) is 0 Å². The van der Waals surface area contributed by atoms with Gasteiger partial charge in [-0.1, -0.05) is 17.0 Å². The van der Waals surface area contributed by atoms with Crippen LogP contribution in [0, 0.1) is 16.7 Å². The molecule has 3 N–H and O–H groups in total. The maximum Gasteiger partial charge on any atom is 0.323 e. The van der Waals surface area contributed by atoms with Crippen molar-refractivity contribution in [1.29, 1.82) is 0 Å². The van der Waals surface area contributed by atoms with Crippen molar-refractivity contribution < 1.29 is 19.4 Å². The zero-order valence-electron chi connectivity index (χ0n) is 16.6. The Hall–Kier alpha value is -3.84. The summed E-state index contributed by atoms with van der Waals surface area (Å²) in [7, 11) is 1.53. The number of nitroso groups, excluding NO2 is 1. The third-order valence-corrected chi connectivity index (χ3v) is 6.18. The molecule has 4 rings (SSSR count). The molecule has 1 aromatic carbocycles. The summed E-state index contributed by atoms with van der Waals surface area (Å²) in [6.45, 7) is 1.57. The molecular weight excluding hydrogens is 420 g/mol. The highest BCUT2D eigenvalue weighted by Crippen LogP contribution is 2.32. The number of carbonyl (C=O) groups excluding carboxylic acids is 2. The number of nitrogens with one attached hydrogen (secondary N) is 2. The number of nitrogens with zero attached hydrogens (tertiary/aromatic N) is 2. The van der Waals surface area contributed by atoms with Crippen LogP contribution in [0.5, 0.6) is 11.6 Å². The Balaban J connectivity index is 1.72. The van der Waals surface area contributed by atoms with Crippen LogP contribution in [0.15, 0.2) is 41.7 Å². The second kappa shape index (κ2) is 7.77. The number of imide groups is 1. The van der Waals surface area contributed by atoms with Crippen LogP contribution in [0.25, 0.3) is 10.8 Å². The lowest BCUT2D eigenvalue weighted by Gasteiger charge is -2.20. The topological polar surface area (TPSA) is 122 Å². The van der Waals surface area contributed by atoms with Crippen molar-refractivity contribution in [1.82, 2.24) is 15.2 Å². The lowest BCUT2D eigenvalue weighted by molar-refractivity contribution is -0.122. The SMILES string of the molecule is COc1ccc2cn(C[C@@]3(C#Cc4ccc(C(C)N=O)s4)NC(=O)NC3=O)c(O)c2c1. The highest BCUT2D eigenvalue weighted by Gasteiger charge is 2.46. The molecule has 0 spiro atoms. The van der Waals surface area contributed by atoms with Crippen molar-refractivity contribution in [3.63, 3.8) is 0 Å². The van der Waals surface area contributed by atoms with Crippen molar-refractivity contribution in [2.24, 2.45) is 5.18 Å². The number of amides is 3. The molecule has 3 aromatic rings. The molecular formula is C21H18N4O5S. The second-order valence-corrected chi connectivity index (χ2v) is 8.20. The molecule has 0 aliphatic carbocycles. The van der Waals surface area contributed by atoms with Crippen molar-refractivity contribution in [2.45, 2.75) is 25.0 Å². The molecule has 9 nitrogen and oxygen atoms in total. The largest absolute Gasteiger partial charge is 0.497 e. The predicted molar refractivity (Wildman–Crippen MR) is 115 cm³/mol. The van der Waals surface area contributed by atoms with E-state index in [4.69, 9.17) is 4.74 Å². The summed E-state index contributed by atoms with van der Waals surface area (Å²) in [6, 6.07) is 7.54. The summed E-state index contributed by atoms with van der Waals surface area (Å²) < 4.78 is 6.66. The zero-order valence-corrected chi connectivity index (χ0v) is 17.4. The molecule has 158 valence electrons. The highest BCUT2D eigenvalue weighted by atomic mass is 32.1. The number of aromatic hydroxyl groups is 1. The van der Waals surface area contributed by atoms with E-state index in [0.717, 1.165) is 10.3 Å². The van der Waals surface area contributed by atoms with E-state index in [9.17, 15) is 19.6 Å². The first-order chi connectivity index (χ1) is 14.8. The average molecular weight is 438 g/mol. The van der Waals surface area contributed by atoms with Gasteiger partial charge in [0.25, 0.3) is 5.91 Å². The molecule has 2 atom stereocenters. The van der Waals surface area contributed by atoms with E-state index in [2.05, 4.69) is 27.7 Å². The van der Waals surface area contributed by atoms with Crippen LogP contribution in [0.3, 0.4) is 0 Å². The van der Waals surface area contributed by atoms with Gasteiger partial charge in [-0.05, 0) is 37.3 Å². The van der Waals surface area contributed by atoms with Gasteiger partial charge in [-0.25, -0.2) is 4.79 Å². The van der Waals surface area contributed by atoms with E-state index in [1.165, 1.54) is 23.0 Å².